The summed E-state index contributed by atoms with van der Waals surface area (Å²) in [4.78, 5) is 0. The molecule has 2 radical (unpaired) electrons. The van der Waals surface area contributed by atoms with Crippen molar-refractivity contribution in [1.29, 1.82) is 0 Å². The molecule has 0 aliphatic carbocycles. The lowest BCUT2D eigenvalue weighted by Gasteiger charge is -1.71. The second-order valence-electron chi connectivity index (χ2n) is 0.398. The quantitative estimate of drug-likeness (QED) is 0.449. The Balaban J connectivity index is 0. The van der Waals surface area contributed by atoms with E-state index in [9.17, 15) is 0 Å². The van der Waals surface area contributed by atoms with Gasteiger partial charge in [0.2, 0.25) is 0 Å². The van der Waals surface area contributed by atoms with Crippen LogP contribution in [0, 0.1) is 0 Å². The monoisotopic (exact) mass is 196 g/mol. The van der Waals surface area contributed by atoms with Crippen molar-refractivity contribution < 1.29 is 3.07 Å². The SMILES string of the molecule is CCOI.[Mg]. The van der Waals surface area contributed by atoms with E-state index < -0.39 is 0 Å². The van der Waals surface area contributed by atoms with Gasteiger partial charge in [0.05, 0.1) is 6.61 Å². The van der Waals surface area contributed by atoms with Crippen molar-refractivity contribution in [1.82, 2.24) is 0 Å². The summed E-state index contributed by atoms with van der Waals surface area (Å²) in [7, 11) is 0. The highest BCUT2D eigenvalue weighted by atomic mass is 127. The third kappa shape index (κ3) is 10.8. The fourth-order valence-electron chi connectivity index (χ4n) is 0. The van der Waals surface area contributed by atoms with Crippen molar-refractivity contribution in [2.45, 2.75) is 6.92 Å². The van der Waals surface area contributed by atoms with Gasteiger partial charge in [0, 0.05) is 23.1 Å². The second-order valence-corrected chi connectivity index (χ2v) is 1.02. The van der Waals surface area contributed by atoms with Crippen molar-refractivity contribution in [3.63, 3.8) is 0 Å². The molecule has 0 N–H and O–H groups in total. The van der Waals surface area contributed by atoms with Gasteiger partial charge in [0.15, 0.2) is 0 Å². The zero-order chi connectivity index (χ0) is 3.41. The van der Waals surface area contributed by atoms with Gasteiger partial charge in [-0.05, 0) is 6.92 Å². The first kappa shape index (κ1) is 9.68. The fourth-order valence-corrected chi connectivity index (χ4v) is 0. The lowest BCUT2D eigenvalue weighted by molar-refractivity contribution is 0.458. The topological polar surface area (TPSA) is 9.23 Å². The first-order valence-electron chi connectivity index (χ1n) is 1.15. The molecule has 0 aliphatic heterocycles. The molecule has 0 unspecified atom stereocenters. The van der Waals surface area contributed by atoms with Gasteiger partial charge in [0.1, 0.15) is 23.0 Å². The van der Waals surface area contributed by atoms with E-state index in [2.05, 4.69) is 3.07 Å². The van der Waals surface area contributed by atoms with E-state index in [1.807, 2.05) is 29.9 Å². The molecule has 0 rings (SSSR count). The van der Waals surface area contributed by atoms with Crippen LogP contribution < -0.4 is 0 Å². The largest absolute Gasteiger partial charge is 0.316 e. The van der Waals surface area contributed by atoms with Gasteiger partial charge in [-0.3, -0.25) is 0 Å². The van der Waals surface area contributed by atoms with Gasteiger partial charge in [0.25, 0.3) is 0 Å². The fraction of sp³-hybridized carbons (Fsp3) is 1.00. The molecule has 5 heavy (non-hydrogen) atoms. The Morgan fingerprint density at radius 1 is 1.80 bits per heavy atom. The molecule has 3 heteroatoms. The Labute approximate surface area is 62.3 Å². The Kier molecular flexibility index (Phi) is 17.6. The Morgan fingerprint density at radius 2 is 2.00 bits per heavy atom. The van der Waals surface area contributed by atoms with Crippen molar-refractivity contribution in [2.24, 2.45) is 0 Å². The van der Waals surface area contributed by atoms with Gasteiger partial charge in [-0.2, -0.15) is 0 Å². The van der Waals surface area contributed by atoms with E-state index in [0.29, 0.717) is 0 Å². The maximum atomic E-state index is 4.51. The van der Waals surface area contributed by atoms with Gasteiger partial charge in [-0.15, -0.1) is 0 Å². The molecule has 0 aromatic rings. The van der Waals surface area contributed by atoms with Crippen LogP contribution in [0.15, 0.2) is 0 Å². The van der Waals surface area contributed by atoms with Crippen LogP contribution in [0.5, 0.6) is 0 Å². The van der Waals surface area contributed by atoms with Crippen LogP contribution in [0.4, 0.5) is 0 Å². The lowest BCUT2D eigenvalue weighted by atomic mass is 10.9. The molecule has 0 amide bonds. The Morgan fingerprint density at radius 3 is 2.00 bits per heavy atom. The molecule has 0 aromatic carbocycles. The van der Waals surface area contributed by atoms with Crippen LogP contribution >= 0.6 is 23.0 Å². The maximum Gasteiger partial charge on any atom is 0.109 e. The van der Waals surface area contributed by atoms with Crippen LogP contribution in [0.3, 0.4) is 0 Å². The maximum absolute atomic E-state index is 4.51. The average molecular weight is 196 g/mol. The minimum atomic E-state index is 0. The summed E-state index contributed by atoms with van der Waals surface area (Å²) < 4.78 is 4.51. The highest BCUT2D eigenvalue weighted by molar-refractivity contribution is 14.1. The van der Waals surface area contributed by atoms with Crippen LogP contribution in [-0.2, 0) is 3.07 Å². The van der Waals surface area contributed by atoms with E-state index in [-0.39, 0.29) is 23.1 Å². The molecule has 28 valence electrons. The third-order valence-electron chi connectivity index (χ3n) is 0.109. The van der Waals surface area contributed by atoms with Crippen molar-refractivity contribution >= 4 is 46.1 Å². The Bertz CT molecular complexity index is 11.6. The number of rotatable bonds is 1. The smallest absolute Gasteiger partial charge is 0.109 e. The summed E-state index contributed by atoms with van der Waals surface area (Å²) >= 11 is 1.85. The average Bonchev–Trinajstić information content (AvgIpc) is 1.37. The van der Waals surface area contributed by atoms with E-state index in [4.69, 9.17) is 0 Å². The predicted molar refractivity (Wildman–Crippen MR) is 31.4 cm³/mol. The number of hydrogen-bond donors (Lipinski definition) is 0. The van der Waals surface area contributed by atoms with Crippen LogP contribution in [0.2, 0.25) is 0 Å². The summed E-state index contributed by atoms with van der Waals surface area (Å²) in [6, 6.07) is 0. The third-order valence-corrected chi connectivity index (χ3v) is 0.732. The number of hydrogen-bond acceptors (Lipinski definition) is 1. The molecule has 0 saturated carbocycles. The molecule has 0 fully saturated rings. The zero-order valence-electron chi connectivity index (χ0n) is 3.20. The van der Waals surface area contributed by atoms with E-state index >= 15 is 0 Å². The van der Waals surface area contributed by atoms with Crippen LogP contribution in [0.1, 0.15) is 6.92 Å². The van der Waals surface area contributed by atoms with Gasteiger partial charge >= 0.3 is 0 Å². The summed E-state index contributed by atoms with van der Waals surface area (Å²) in [5, 5.41) is 0. The Hall–Kier alpha value is 1.46. The molecule has 0 bridgehead atoms. The predicted octanol–water partition coefficient (Wildman–Crippen LogP) is 0.992. The molecule has 0 saturated heterocycles. The van der Waals surface area contributed by atoms with Crippen LogP contribution in [-0.4, -0.2) is 29.7 Å². The molecule has 0 heterocycles. The first-order chi connectivity index (χ1) is 1.91. The highest BCUT2D eigenvalue weighted by Gasteiger charge is 1.55. The van der Waals surface area contributed by atoms with Gasteiger partial charge in [-0.25, -0.2) is 0 Å². The minimum Gasteiger partial charge on any atom is -0.316 e. The summed E-state index contributed by atoms with van der Waals surface area (Å²) in [5.74, 6) is 0. The van der Waals surface area contributed by atoms with Crippen molar-refractivity contribution in [3.8, 4) is 0 Å². The van der Waals surface area contributed by atoms with Crippen molar-refractivity contribution in [2.75, 3.05) is 6.61 Å². The summed E-state index contributed by atoms with van der Waals surface area (Å²) in [5.41, 5.74) is 0. The van der Waals surface area contributed by atoms with Gasteiger partial charge < -0.3 is 3.07 Å². The lowest BCUT2D eigenvalue weighted by Crippen LogP contribution is -1.63. The molecular weight excluding hydrogens is 191 g/mol. The molecule has 0 aromatic heterocycles. The van der Waals surface area contributed by atoms with E-state index in [1.165, 1.54) is 0 Å². The molecule has 0 spiro atoms. The van der Waals surface area contributed by atoms with Crippen molar-refractivity contribution in [3.05, 3.63) is 0 Å². The zero-order valence-corrected chi connectivity index (χ0v) is 6.77. The van der Waals surface area contributed by atoms with E-state index in [1.54, 1.807) is 0 Å². The first-order valence-corrected chi connectivity index (χ1v) is 2.03. The normalized spacial score (nSPS) is 6.00. The molecule has 0 aliphatic rings. The van der Waals surface area contributed by atoms with Crippen LogP contribution in [0.25, 0.3) is 0 Å². The van der Waals surface area contributed by atoms with Gasteiger partial charge in [-0.1, -0.05) is 0 Å². The second kappa shape index (κ2) is 9.07. The summed E-state index contributed by atoms with van der Waals surface area (Å²) in [6.07, 6.45) is 0. The molecule has 0 atom stereocenters. The molecule has 1 nitrogen and oxygen atoms in total. The van der Waals surface area contributed by atoms with E-state index in [0.717, 1.165) is 6.61 Å². The minimum absolute atomic E-state index is 0. The summed E-state index contributed by atoms with van der Waals surface area (Å²) in [6.45, 7) is 2.76. The number of halogens is 1. The highest BCUT2D eigenvalue weighted by Crippen LogP contribution is 1.78. The molecular formula is C2H5IMgO. The standard InChI is InChI=1S/C2H5IO.Mg/c1-2-4-3;/h2H2,1H3;.